The highest BCUT2D eigenvalue weighted by atomic mass is 19.4. The molecule has 0 saturated carbocycles. The van der Waals surface area contributed by atoms with E-state index in [1.807, 2.05) is 0 Å². The normalized spacial score (nSPS) is 11.6. The summed E-state index contributed by atoms with van der Waals surface area (Å²) in [6.45, 7) is 0. The van der Waals surface area contributed by atoms with Gasteiger partial charge in [0.1, 0.15) is 5.75 Å². The number of benzene rings is 2. The van der Waals surface area contributed by atoms with E-state index in [1.54, 1.807) is 12.1 Å². The first-order valence-corrected chi connectivity index (χ1v) is 6.16. The lowest BCUT2D eigenvalue weighted by Crippen LogP contribution is -2.17. The molecule has 0 aliphatic heterocycles. The Balaban J connectivity index is 2.07. The lowest BCUT2D eigenvalue weighted by molar-refractivity contribution is -0.137. The smallest absolute Gasteiger partial charge is 0.416 e. The van der Waals surface area contributed by atoms with Crippen molar-refractivity contribution in [3.8, 4) is 5.75 Å². The van der Waals surface area contributed by atoms with Crippen molar-refractivity contribution in [3.05, 3.63) is 65.2 Å². The second-order valence-corrected chi connectivity index (χ2v) is 4.34. The first-order valence-electron chi connectivity index (χ1n) is 6.16. The molecule has 22 heavy (non-hydrogen) atoms. The standard InChI is InChI=1S/C15H11F3N2O2/c16-15(17,18)11-5-3-4-10(8-11)9-19-20-14(22)12-6-1-2-7-13(12)21/h1-9,21H,(H,20,22)/b19-9+. The Hall–Kier alpha value is -2.83. The molecule has 0 unspecified atom stereocenters. The fourth-order valence-electron chi connectivity index (χ4n) is 1.69. The number of alkyl halides is 3. The van der Waals surface area contributed by atoms with Gasteiger partial charge in [0, 0.05) is 0 Å². The second-order valence-electron chi connectivity index (χ2n) is 4.34. The number of carbonyl (C=O) groups is 1. The molecule has 0 saturated heterocycles. The van der Waals surface area contributed by atoms with Crippen molar-refractivity contribution in [3.63, 3.8) is 0 Å². The minimum Gasteiger partial charge on any atom is -0.507 e. The van der Waals surface area contributed by atoms with Crippen molar-refractivity contribution < 1.29 is 23.1 Å². The third-order valence-electron chi connectivity index (χ3n) is 2.74. The van der Waals surface area contributed by atoms with Crippen molar-refractivity contribution in [1.29, 1.82) is 0 Å². The van der Waals surface area contributed by atoms with Crippen LogP contribution in [0.5, 0.6) is 5.75 Å². The highest BCUT2D eigenvalue weighted by Crippen LogP contribution is 2.29. The topological polar surface area (TPSA) is 61.7 Å². The molecule has 4 nitrogen and oxygen atoms in total. The van der Waals surface area contributed by atoms with E-state index in [4.69, 9.17) is 0 Å². The maximum absolute atomic E-state index is 12.5. The highest BCUT2D eigenvalue weighted by molar-refractivity contribution is 5.97. The molecule has 0 atom stereocenters. The molecule has 0 radical (unpaired) electrons. The van der Waals surface area contributed by atoms with Crippen LogP contribution in [0.25, 0.3) is 0 Å². The SMILES string of the molecule is O=C(N/N=C/c1cccc(C(F)(F)F)c1)c1ccccc1O. The summed E-state index contributed by atoms with van der Waals surface area (Å²) in [6, 6.07) is 10.4. The molecule has 0 spiro atoms. The molecule has 2 rings (SSSR count). The number of aromatic hydroxyl groups is 1. The van der Waals surface area contributed by atoms with Gasteiger partial charge in [-0.2, -0.15) is 18.3 Å². The number of para-hydroxylation sites is 1. The maximum atomic E-state index is 12.5. The van der Waals surface area contributed by atoms with Crippen molar-refractivity contribution in [2.24, 2.45) is 5.10 Å². The number of carbonyl (C=O) groups excluding carboxylic acids is 1. The monoisotopic (exact) mass is 308 g/mol. The molecule has 0 bridgehead atoms. The molecule has 0 aliphatic carbocycles. The first-order chi connectivity index (χ1) is 10.4. The molecule has 0 aliphatic rings. The average Bonchev–Trinajstić information content (AvgIpc) is 2.47. The van der Waals surface area contributed by atoms with Crippen LogP contribution in [0, 0.1) is 0 Å². The molecule has 114 valence electrons. The number of nitrogens with zero attached hydrogens (tertiary/aromatic N) is 1. The fraction of sp³-hybridized carbons (Fsp3) is 0.0667. The summed E-state index contributed by atoms with van der Waals surface area (Å²) in [5.74, 6) is -0.879. The van der Waals surface area contributed by atoms with Gasteiger partial charge in [0.25, 0.3) is 5.91 Å². The lowest BCUT2D eigenvalue weighted by Gasteiger charge is -2.06. The Morgan fingerprint density at radius 3 is 2.55 bits per heavy atom. The largest absolute Gasteiger partial charge is 0.507 e. The van der Waals surface area contributed by atoms with Crippen LogP contribution in [-0.4, -0.2) is 17.2 Å². The van der Waals surface area contributed by atoms with Gasteiger partial charge in [0.2, 0.25) is 0 Å². The molecule has 0 heterocycles. The van der Waals surface area contributed by atoms with Gasteiger partial charge in [-0.1, -0.05) is 24.3 Å². The third-order valence-corrected chi connectivity index (χ3v) is 2.74. The molecular formula is C15H11F3N2O2. The van der Waals surface area contributed by atoms with Crippen LogP contribution in [0.3, 0.4) is 0 Å². The fourth-order valence-corrected chi connectivity index (χ4v) is 1.69. The number of nitrogens with one attached hydrogen (secondary N) is 1. The van der Waals surface area contributed by atoms with Crippen molar-refractivity contribution in [2.75, 3.05) is 0 Å². The number of amides is 1. The van der Waals surface area contributed by atoms with Crippen molar-refractivity contribution in [2.45, 2.75) is 6.18 Å². The van der Waals surface area contributed by atoms with E-state index < -0.39 is 17.6 Å². The van der Waals surface area contributed by atoms with Crippen molar-refractivity contribution >= 4 is 12.1 Å². The van der Waals surface area contributed by atoms with E-state index >= 15 is 0 Å². The van der Waals surface area contributed by atoms with Crippen LogP contribution < -0.4 is 5.43 Å². The predicted molar refractivity (Wildman–Crippen MR) is 74.6 cm³/mol. The minimum atomic E-state index is -4.44. The van der Waals surface area contributed by atoms with E-state index in [-0.39, 0.29) is 16.9 Å². The first kappa shape index (κ1) is 15.6. The number of hydrogen-bond acceptors (Lipinski definition) is 3. The average molecular weight is 308 g/mol. The summed E-state index contributed by atoms with van der Waals surface area (Å²) in [5, 5.41) is 13.1. The van der Waals surface area contributed by atoms with Gasteiger partial charge in [-0.15, -0.1) is 0 Å². The van der Waals surface area contributed by atoms with Crippen LogP contribution >= 0.6 is 0 Å². The van der Waals surface area contributed by atoms with Crippen LogP contribution in [-0.2, 0) is 6.18 Å². The van der Waals surface area contributed by atoms with Gasteiger partial charge in [0.15, 0.2) is 0 Å². The Morgan fingerprint density at radius 2 is 1.86 bits per heavy atom. The quantitative estimate of drug-likeness (QED) is 0.676. The lowest BCUT2D eigenvalue weighted by atomic mass is 10.1. The molecule has 2 aromatic rings. The summed E-state index contributed by atoms with van der Waals surface area (Å²) in [7, 11) is 0. The zero-order chi connectivity index (χ0) is 16.2. The molecule has 0 fully saturated rings. The van der Waals surface area contributed by atoms with E-state index in [1.165, 1.54) is 24.3 Å². The Morgan fingerprint density at radius 1 is 1.14 bits per heavy atom. The summed E-state index contributed by atoms with van der Waals surface area (Å²) in [6.07, 6.45) is -3.35. The van der Waals surface area contributed by atoms with Gasteiger partial charge in [0.05, 0.1) is 17.3 Å². The van der Waals surface area contributed by atoms with E-state index in [9.17, 15) is 23.1 Å². The molecule has 2 N–H and O–H groups in total. The molecule has 2 aromatic carbocycles. The predicted octanol–water partition coefficient (Wildman–Crippen LogP) is 3.17. The Labute approximate surface area is 123 Å². The van der Waals surface area contributed by atoms with E-state index in [2.05, 4.69) is 10.5 Å². The van der Waals surface area contributed by atoms with Gasteiger partial charge in [-0.25, -0.2) is 5.43 Å². The number of hydrazone groups is 1. The third kappa shape index (κ3) is 3.85. The zero-order valence-corrected chi connectivity index (χ0v) is 11.1. The van der Waals surface area contributed by atoms with Gasteiger partial charge in [-0.3, -0.25) is 4.79 Å². The highest BCUT2D eigenvalue weighted by Gasteiger charge is 2.30. The molecular weight excluding hydrogens is 297 g/mol. The number of halogens is 3. The maximum Gasteiger partial charge on any atom is 0.416 e. The summed E-state index contributed by atoms with van der Waals surface area (Å²) in [4.78, 5) is 11.7. The van der Waals surface area contributed by atoms with Crippen LogP contribution in [0.2, 0.25) is 0 Å². The van der Waals surface area contributed by atoms with Gasteiger partial charge >= 0.3 is 6.18 Å². The van der Waals surface area contributed by atoms with Crippen LogP contribution in [0.4, 0.5) is 13.2 Å². The van der Waals surface area contributed by atoms with Crippen LogP contribution in [0.1, 0.15) is 21.5 Å². The van der Waals surface area contributed by atoms with Gasteiger partial charge in [-0.05, 0) is 29.8 Å². The number of rotatable bonds is 3. The molecule has 1 amide bonds. The number of phenolic OH excluding ortho intramolecular Hbond substituents is 1. The minimum absolute atomic E-state index is 0.0173. The number of hydrogen-bond donors (Lipinski definition) is 2. The van der Waals surface area contributed by atoms with E-state index in [0.717, 1.165) is 18.3 Å². The summed E-state index contributed by atoms with van der Waals surface area (Å²) >= 11 is 0. The Bertz CT molecular complexity index is 712. The summed E-state index contributed by atoms with van der Waals surface area (Å²) < 4.78 is 37.6. The van der Waals surface area contributed by atoms with Crippen LogP contribution in [0.15, 0.2) is 53.6 Å². The molecule has 0 aromatic heterocycles. The van der Waals surface area contributed by atoms with Gasteiger partial charge < -0.3 is 5.11 Å². The zero-order valence-electron chi connectivity index (χ0n) is 11.1. The Kier molecular flexibility index (Phi) is 4.45. The molecule has 7 heteroatoms. The van der Waals surface area contributed by atoms with E-state index in [0.29, 0.717) is 0 Å². The second kappa shape index (κ2) is 6.30. The summed E-state index contributed by atoms with van der Waals surface area (Å²) in [5.41, 5.74) is 1.54. The van der Waals surface area contributed by atoms with Crippen molar-refractivity contribution in [1.82, 2.24) is 5.43 Å². The number of phenols is 1.